The molecule has 0 aliphatic heterocycles. The van der Waals surface area contributed by atoms with Crippen molar-refractivity contribution in [2.45, 2.75) is 25.7 Å². The highest BCUT2D eigenvalue weighted by atomic mass is 16.1. The van der Waals surface area contributed by atoms with Crippen molar-refractivity contribution >= 4 is 5.78 Å². The van der Waals surface area contributed by atoms with Crippen LogP contribution in [0.1, 0.15) is 25.7 Å². The van der Waals surface area contributed by atoms with Crippen LogP contribution in [0.25, 0.3) is 0 Å². The molecule has 0 saturated heterocycles. The Bertz CT molecular complexity index is 175. The van der Waals surface area contributed by atoms with Gasteiger partial charge in [0.2, 0.25) is 0 Å². The van der Waals surface area contributed by atoms with Gasteiger partial charge in [-0.1, -0.05) is 12.2 Å². The standard InChI is InChI=1S/C9H12O/c1-6-4-7-2-3-8(5-6)9(7)10/h7-8H,1-5H2/t7-,8+. The average molecular weight is 136 g/mol. The number of allylic oxidation sites excluding steroid dienone is 1. The second-order valence-corrected chi connectivity index (χ2v) is 3.53. The largest absolute Gasteiger partial charge is 0.299 e. The summed E-state index contributed by atoms with van der Waals surface area (Å²) in [5, 5.41) is 0. The van der Waals surface area contributed by atoms with E-state index >= 15 is 0 Å². The quantitative estimate of drug-likeness (QED) is 0.465. The minimum atomic E-state index is 0.367. The molecule has 2 fully saturated rings. The molecule has 10 heavy (non-hydrogen) atoms. The van der Waals surface area contributed by atoms with Gasteiger partial charge in [0, 0.05) is 11.8 Å². The third kappa shape index (κ3) is 0.731. The Balaban J connectivity index is 2.24. The first-order valence-electron chi connectivity index (χ1n) is 3.98. The molecule has 2 rings (SSSR count). The maximum Gasteiger partial charge on any atom is 0.139 e. The van der Waals surface area contributed by atoms with E-state index in [0.717, 1.165) is 25.7 Å². The Morgan fingerprint density at radius 2 is 1.70 bits per heavy atom. The molecule has 2 atom stereocenters. The molecule has 2 saturated carbocycles. The van der Waals surface area contributed by atoms with Gasteiger partial charge < -0.3 is 0 Å². The van der Waals surface area contributed by atoms with Crippen LogP contribution >= 0.6 is 0 Å². The smallest absolute Gasteiger partial charge is 0.139 e. The van der Waals surface area contributed by atoms with E-state index in [2.05, 4.69) is 6.58 Å². The molecule has 2 bridgehead atoms. The van der Waals surface area contributed by atoms with E-state index in [-0.39, 0.29) is 0 Å². The number of hydrogen-bond acceptors (Lipinski definition) is 1. The van der Waals surface area contributed by atoms with Crippen molar-refractivity contribution in [1.82, 2.24) is 0 Å². The lowest BCUT2D eigenvalue weighted by Crippen LogP contribution is -2.20. The lowest BCUT2D eigenvalue weighted by molar-refractivity contribution is -0.124. The van der Waals surface area contributed by atoms with Gasteiger partial charge >= 0.3 is 0 Å². The molecule has 2 aliphatic carbocycles. The van der Waals surface area contributed by atoms with E-state index in [1.807, 2.05) is 0 Å². The highest BCUT2D eigenvalue weighted by molar-refractivity contribution is 5.87. The number of rotatable bonds is 0. The molecule has 0 aromatic heterocycles. The number of fused-ring (bicyclic) bond motifs is 2. The minimum absolute atomic E-state index is 0.367. The predicted octanol–water partition coefficient (Wildman–Crippen LogP) is 1.93. The predicted molar refractivity (Wildman–Crippen MR) is 39.6 cm³/mol. The lowest BCUT2D eigenvalue weighted by atomic mass is 9.85. The summed E-state index contributed by atoms with van der Waals surface area (Å²) >= 11 is 0. The summed E-state index contributed by atoms with van der Waals surface area (Å²) < 4.78 is 0. The normalized spacial score (nSPS) is 38.8. The van der Waals surface area contributed by atoms with Gasteiger partial charge in [-0.2, -0.15) is 0 Å². The van der Waals surface area contributed by atoms with Gasteiger partial charge in [-0.25, -0.2) is 0 Å². The van der Waals surface area contributed by atoms with E-state index in [9.17, 15) is 4.79 Å². The molecular weight excluding hydrogens is 124 g/mol. The fraction of sp³-hybridized carbons (Fsp3) is 0.667. The van der Waals surface area contributed by atoms with Gasteiger partial charge in [-0.05, 0) is 25.7 Å². The molecule has 0 aromatic rings. The third-order valence-corrected chi connectivity index (χ3v) is 2.74. The highest BCUT2D eigenvalue weighted by Gasteiger charge is 2.38. The maximum atomic E-state index is 11.3. The topological polar surface area (TPSA) is 17.1 Å². The second kappa shape index (κ2) is 1.94. The van der Waals surface area contributed by atoms with Gasteiger partial charge in [-0.15, -0.1) is 0 Å². The van der Waals surface area contributed by atoms with Crippen LogP contribution in [0.3, 0.4) is 0 Å². The van der Waals surface area contributed by atoms with Crippen LogP contribution < -0.4 is 0 Å². The van der Waals surface area contributed by atoms with E-state index < -0.39 is 0 Å². The van der Waals surface area contributed by atoms with Crippen LogP contribution in [0.2, 0.25) is 0 Å². The average Bonchev–Trinajstić information content (AvgIpc) is 2.20. The summed E-state index contributed by atoms with van der Waals surface area (Å²) in [7, 11) is 0. The van der Waals surface area contributed by atoms with Crippen molar-refractivity contribution in [3.63, 3.8) is 0 Å². The number of Topliss-reactive ketones (excluding diaryl/α,β-unsaturated/α-hetero) is 1. The van der Waals surface area contributed by atoms with Gasteiger partial charge in [0.25, 0.3) is 0 Å². The van der Waals surface area contributed by atoms with Crippen LogP contribution in [0.15, 0.2) is 12.2 Å². The Morgan fingerprint density at radius 1 is 1.20 bits per heavy atom. The molecule has 0 aromatic carbocycles. The number of carbonyl (C=O) groups is 1. The molecule has 0 amide bonds. The molecule has 2 aliphatic rings. The summed E-state index contributed by atoms with van der Waals surface area (Å²) in [6.45, 7) is 3.94. The molecule has 0 spiro atoms. The summed E-state index contributed by atoms with van der Waals surface area (Å²) in [6.07, 6.45) is 4.22. The van der Waals surface area contributed by atoms with Crippen LogP contribution in [-0.4, -0.2) is 5.78 Å². The molecular formula is C9H12O. The van der Waals surface area contributed by atoms with Crippen molar-refractivity contribution in [3.8, 4) is 0 Å². The summed E-state index contributed by atoms with van der Waals surface area (Å²) in [5.74, 6) is 1.25. The van der Waals surface area contributed by atoms with Gasteiger partial charge in [0.1, 0.15) is 5.78 Å². The van der Waals surface area contributed by atoms with Crippen LogP contribution in [0.4, 0.5) is 0 Å². The van der Waals surface area contributed by atoms with E-state index in [1.165, 1.54) is 5.57 Å². The first kappa shape index (κ1) is 6.14. The fourth-order valence-corrected chi connectivity index (χ4v) is 2.21. The summed E-state index contributed by atoms with van der Waals surface area (Å²) in [6, 6.07) is 0. The van der Waals surface area contributed by atoms with Gasteiger partial charge in [0.15, 0.2) is 0 Å². The Morgan fingerprint density at radius 3 is 2.20 bits per heavy atom. The van der Waals surface area contributed by atoms with Gasteiger partial charge in [-0.3, -0.25) is 4.79 Å². The van der Waals surface area contributed by atoms with E-state index in [0.29, 0.717) is 17.6 Å². The SMILES string of the molecule is C=C1C[C@H]2CC[C@@H](C1)C2=O. The van der Waals surface area contributed by atoms with Crippen molar-refractivity contribution < 1.29 is 4.79 Å². The molecule has 1 heteroatoms. The molecule has 0 N–H and O–H groups in total. The monoisotopic (exact) mass is 136 g/mol. The molecule has 1 nitrogen and oxygen atoms in total. The van der Waals surface area contributed by atoms with Crippen molar-refractivity contribution in [2.24, 2.45) is 11.8 Å². The van der Waals surface area contributed by atoms with Crippen molar-refractivity contribution in [2.75, 3.05) is 0 Å². The lowest BCUT2D eigenvalue weighted by Gasteiger charge is -2.18. The molecule has 54 valence electrons. The third-order valence-electron chi connectivity index (χ3n) is 2.74. The molecule has 0 unspecified atom stereocenters. The van der Waals surface area contributed by atoms with Crippen molar-refractivity contribution in [1.29, 1.82) is 0 Å². The Labute approximate surface area is 61.1 Å². The van der Waals surface area contributed by atoms with Crippen LogP contribution in [0.5, 0.6) is 0 Å². The summed E-state index contributed by atoms with van der Waals surface area (Å²) in [4.78, 5) is 11.3. The van der Waals surface area contributed by atoms with Crippen LogP contribution in [-0.2, 0) is 4.79 Å². The first-order valence-corrected chi connectivity index (χ1v) is 3.98. The zero-order valence-corrected chi connectivity index (χ0v) is 6.10. The van der Waals surface area contributed by atoms with E-state index in [1.54, 1.807) is 0 Å². The number of hydrogen-bond donors (Lipinski definition) is 0. The van der Waals surface area contributed by atoms with Crippen molar-refractivity contribution in [3.05, 3.63) is 12.2 Å². The summed E-state index contributed by atoms with van der Waals surface area (Å²) in [5.41, 5.74) is 1.30. The number of carbonyl (C=O) groups excluding carboxylic acids is 1. The molecule has 0 heterocycles. The van der Waals surface area contributed by atoms with Gasteiger partial charge in [0.05, 0.1) is 0 Å². The zero-order chi connectivity index (χ0) is 7.14. The second-order valence-electron chi connectivity index (χ2n) is 3.53. The Kier molecular flexibility index (Phi) is 1.19. The maximum absolute atomic E-state index is 11.3. The zero-order valence-electron chi connectivity index (χ0n) is 6.10. The van der Waals surface area contributed by atoms with E-state index in [4.69, 9.17) is 0 Å². The number of ketones is 1. The van der Waals surface area contributed by atoms with Crippen LogP contribution in [0, 0.1) is 11.8 Å². The fourth-order valence-electron chi connectivity index (χ4n) is 2.21. The minimum Gasteiger partial charge on any atom is -0.299 e. The Hall–Kier alpha value is -0.590. The molecule has 0 radical (unpaired) electrons. The first-order chi connectivity index (χ1) is 4.77. The highest BCUT2D eigenvalue weighted by Crippen LogP contribution is 2.40.